The lowest BCUT2D eigenvalue weighted by atomic mass is 9.82. The molecule has 0 saturated carbocycles. The summed E-state index contributed by atoms with van der Waals surface area (Å²) in [5, 5.41) is 4.95. The molecule has 0 bridgehead atoms. The van der Waals surface area contributed by atoms with Gasteiger partial charge in [0, 0.05) is 55.4 Å². The summed E-state index contributed by atoms with van der Waals surface area (Å²) < 4.78 is 4.83. The van der Waals surface area contributed by atoms with Crippen molar-refractivity contribution in [1.29, 1.82) is 0 Å². The van der Waals surface area contributed by atoms with Crippen molar-refractivity contribution < 1.29 is 0 Å². The number of rotatable bonds is 9. The molecule has 0 amide bonds. The predicted molar refractivity (Wildman–Crippen MR) is 329 cm³/mol. The summed E-state index contributed by atoms with van der Waals surface area (Å²) in [5.41, 5.74) is 24.7. The summed E-state index contributed by atoms with van der Waals surface area (Å²) in [7, 11) is 0. The van der Waals surface area contributed by atoms with Gasteiger partial charge in [-0.25, -0.2) is 0 Å². The summed E-state index contributed by atoms with van der Waals surface area (Å²) >= 11 is 0. The Kier molecular flexibility index (Phi) is 10.6. The number of para-hydroxylation sites is 4. The predicted octanol–water partition coefficient (Wildman–Crippen LogP) is 20.3. The minimum absolute atomic E-state index is 0.158. The summed E-state index contributed by atoms with van der Waals surface area (Å²) in [6, 6.07) is 105. The van der Waals surface area contributed by atoms with Gasteiger partial charge in [0.15, 0.2) is 0 Å². The second-order valence-electron chi connectivity index (χ2n) is 21.3. The maximum Gasteiger partial charge on any atom is 0.0547 e. The molecule has 0 N–H and O–H groups in total. The molecule has 0 aliphatic heterocycles. The van der Waals surface area contributed by atoms with Crippen LogP contribution < -0.4 is 4.90 Å². The standard InChI is InChI=1S/C75H53N3/c1-75(2)69-33-15-12-30-63(69)64-41-38-62(49-70(64)75)76(60-28-18-22-51(45-60)50-20-6-3-7-21-50)61-29-19-23-52(46-61)55-42-56(53-36-39-67-65-31-13-16-34-71(65)77(73(67)47-53)58-24-8-4-9-25-58)44-57(43-55)54-37-40-68-66-32-14-17-35-72(66)78(74(68)48-54)59-26-10-5-11-27-59/h3-49H,1-2H3. The van der Waals surface area contributed by atoms with Gasteiger partial charge >= 0.3 is 0 Å². The van der Waals surface area contributed by atoms with E-state index in [0.29, 0.717) is 0 Å². The van der Waals surface area contributed by atoms with Gasteiger partial charge in [-0.1, -0.05) is 196 Å². The molecule has 0 spiro atoms. The van der Waals surface area contributed by atoms with Crippen molar-refractivity contribution in [2.75, 3.05) is 4.90 Å². The van der Waals surface area contributed by atoms with E-state index in [4.69, 9.17) is 0 Å². The lowest BCUT2D eigenvalue weighted by Gasteiger charge is -2.29. The number of aromatic nitrogens is 2. The molecule has 3 nitrogen and oxygen atoms in total. The Labute approximate surface area is 454 Å². The minimum atomic E-state index is -0.158. The first kappa shape index (κ1) is 45.4. The minimum Gasteiger partial charge on any atom is -0.310 e. The highest BCUT2D eigenvalue weighted by atomic mass is 15.1. The molecule has 1 aliphatic carbocycles. The first-order valence-electron chi connectivity index (χ1n) is 27.1. The molecular formula is C75H53N3. The topological polar surface area (TPSA) is 13.1 Å². The Morgan fingerprint density at radius 2 is 0.667 bits per heavy atom. The molecule has 12 aromatic carbocycles. The Morgan fingerprint density at radius 3 is 1.22 bits per heavy atom. The third-order valence-corrected chi connectivity index (χ3v) is 16.5. The highest BCUT2D eigenvalue weighted by Gasteiger charge is 2.36. The molecule has 14 aromatic rings. The molecule has 3 heteroatoms. The smallest absolute Gasteiger partial charge is 0.0547 e. The van der Waals surface area contributed by atoms with E-state index in [1.807, 2.05) is 0 Å². The summed E-state index contributed by atoms with van der Waals surface area (Å²) in [6.45, 7) is 4.73. The van der Waals surface area contributed by atoms with E-state index in [1.165, 1.54) is 77.0 Å². The maximum atomic E-state index is 2.45. The molecule has 15 rings (SSSR count). The van der Waals surface area contributed by atoms with Gasteiger partial charge in [0.2, 0.25) is 0 Å². The van der Waals surface area contributed by atoms with E-state index in [0.717, 1.165) is 61.8 Å². The fraction of sp³-hybridized carbons (Fsp3) is 0.0400. The van der Waals surface area contributed by atoms with Crippen molar-refractivity contribution in [2.45, 2.75) is 19.3 Å². The highest BCUT2D eigenvalue weighted by Crippen LogP contribution is 2.51. The van der Waals surface area contributed by atoms with Crippen LogP contribution in [0.5, 0.6) is 0 Å². The van der Waals surface area contributed by atoms with Gasteiger partial charge in [-0.3, -0.25) is 0 Å². The van der Waals surface area contributed by atoms with Crippen molar-refractivity contribution in [1.82, 2.24) is 9.13 Å². The lowest BCUT2D eigenvalue weighted by Crippen LogP contribution is -2.16. The van der Waals surface area contributed by atoms with E-state index in [9.17, 15) is 0 Å². The van der Waals surface area contributed by atoms with Crippen LogP contribution in [-0.4, -0.2) is 9.13 Å². The summed E-state index contributed by atoms with van der Waals surface area (Å²) in [4.78, 5) is 2.45. The summed E-state index contributed by atoms with van der Waals surface area (Å²) in [6.07, 6.45) is 0. The molecule has 0 saturated heterocycles. The van der Waals surface area contributed by atoms with Crippen molar-refractivity contribution in [2.24, 2.45) is 0 Å². The van der Waals surface area contributed by atoms with Crippen LogP contribution in [0.1, 0.15) is 25.0 Å². The van der Waals surface area contributed by atoms with Crippen LogP contribution in [0, 0.1) is 0 Å². The van der Waals surface area contributed by atoms with Crippen LogP contribution in [0.25, 0.3) is 111 Å². The number of nitrogens with zero attached hydrogens (tertiary/aromatic N) is 3. The number of benzene rings is 12. The second-order valence-corrected chi connectivity index (χ2v) is 21.3. The number of anilines is 3. The van der Waals surface area contributed by atoms with Crippen LogP contribution in [-0.2, 0) is 5.41 Å². The van der Waals surface area contributed by atoms with E-state index in [2.05, 4.69) is 313 Å². The van der Waals surface area contributed by atoms with Gasteiger partial charge in [-0.05, 0) is 170 Å². The number of fused-ring (bicyclic) bond motifs is 9. The Balaban J connectivity index is 0.938. The molecule has 2 aromatic heterocycles. The van der Waals surface area contributed by atoms with Crippen molar-refractivity contribution >= 4 is 60.7 Å². The fourth-order valence-electron chi connectivity index (χ4n) is 12.7. The van der Waals surface area contributed by atoms with E-state index in [-0.39, 0.29) is 5.41 Å². The van der Waals surface area contributed by atoms with Crippen LogP contribution in [0.4, 0.5) is 17.1 Å². The summed E-state index contributed by atoms with van der Waals surface area (Å²) in [5.74, 6) is 0. The zero-order chi connectivity index (χ0) is 51.9. The van der Waals surface area contributed by atoms with Crippen LogP contribution >= 0.6 is 0 Å². The zero-order valence-corrected chi connectivity index (χ0v) is 43.5. The fourth-order valence-corrected chi connectivity index (χ4v) is 12.7. The number of hydrogen-bond donors (Lipinski definition) is 0. The van der Waals surface area contributed by atoms with Crippen LogP contribution in [0.2, 0.25) is 0 Å². The zero-order valence-electron chi connectivity index (χ0n) is 43.5. The van der Waals surface area contributed by atoms with Crippen LogP contribution in [0.15, 0.2) is 285 Å². The average Bonchev–Trinajstić information content (AvgIpc) is 4.20. The van der Waals surface area contributed by atoms with Crippen LogP contribution in [0.3, 0.4) is 0 Å². The van der Waals surface area contributed by atoms with Gasteiger partial charge in [-0.15, -0.1) is 0 Å². The molecular weight excluding hydrogens is 943 g/mol. The molecule has 368 valence electrons. The molecule has 2 heterocycles. The monoisotopic (exact) mass is 995 g/mol. The molecule has 1 aliphatic rings. The molecule has 0 atom stereocenters. The van der Waals surface area contributed by atoms with E-state index in [1.54, 1.807) is 0 Å². The second kappa shape index (κ2) is 18.1. The van der Waals surface area contributed by atoms with Gasteiger partial charge in [0.25, 0.3) is 0 Å². The van der Waals surface area contributed by atoms with Crippen molar-refractivity contribution in [3.05, 3.63) is 296 Å². The van der Waals surface area contributed by atoms with Gasteiger partial charge in [0.1, 0.15) is 0 Å². The average molecular weight is 996 g/mol. The molecule has 0 radical (unpaired) electrons. The normalized spacial score (nSPS) is 12.6. The third kappa shape index (κ3) is 7.42. The van der Waals surface area contributed by atoms with Crippen molar-refractivity contribution in [3.8, 4) is 67.0 Å². The maximum absolute atomic E-state index is 2.45. The van der Waals surface area contributed by atoms with Gasteiger partial charge in [0.05, 0.1) is 22.1 Å². The quantitative estimate of drug-likeness (QED) is 0.140. The molecule has 0 unspecified atom stereocenters. The van der Waals surface area contributed by atoms with Crippen molar-refractivity contribution in [3.63, 3.8) is 0 Å². The largest absolute Gasteiger partial charge is 0.310 e. The Morgan fingerprint density at radius 1 is 0.256 bits per heavy atom. The molecule has 0 fully saturated rings. The Bertz CT molecular complexity index is 4460. The molecule has 78 heavy (non-hydrogen) atoms. The highest BCUT2D eigenvalue weighted by molar-refractivity contribution is 6.12. The van der Waals surface area contributed by atoms with E-state index < -0.39 is 0 Å². The van der Waals surface area contributed by atoms with Gasteiger partial charge < -0.3 is 14.0 Å². The number of hydrogen-bond acceptors (Lipinski definition) is 1. The lowest BCUT2D eigenvalue weighted by molar-refractivity contribution is 0.660. The SMILES string of the molecule is CC1(C)c2ccccc2-c2ccc(N(c3cccc(-c4ccccc4)c3)c3cccc(-c4cc(-c5ccc6c7ccccc7n(-c7ccccc7)c6c5)cc(-c5ccc6c7ccccc7n(-c7ccccc7)c6c5)c4)c3)cc21. The Hall–Kier alpha value is -9.96. The first-order chi connectivity index (χ1) is 38.4. The van der Waals surface area contributed by atoms with E-state index >= 15 is 0 Å². The first-order valence-corrected chi connectivity index (χ1v) is 27.1. The third-order valence-electron chi connectivity index (χ3n) is 16.5. The van der Waals surface area contributed by atoms with Gasteiger partial charge in [-0.2, -0.15) is 0 Å².